The molecule has 2 N–H and O–H groups in total. The van der Waals surface area contributed by atoms with Crippen molar-refractivity contribution < 1.29 is 19.1 Å². The summed E-state index contributed by atoms with van der Waals surface area (Å²) >= 11 is 0. The van der Waals surface area contributed by atoms with Crippen molar-refractivity contribution in [2.24, 2.45) is 5.92 Å². The molecule has 6 heteroatoms. The predicted molar refractivity (Wildman–Crippen MR) is 72.3 cm³/mol. The van der Waals surface area contributed by atoms with Crippen molar-refractivity contribution in [3.8, 4) is 0 Å². The highest BCUT2D eigenvalue weighted by Crippen LogP contribution is 2.27. The summed E-state index contributed by atoms with van der Waals surface area (Å²) in [6.07, 6.45) is 3.41. The summed E-state index contributed by atoms with van der Waals surface area (Å²) in [5.41, 5.74) is -0.153. The molecule has 0 spiro atoms. The predicted octanol–water partition coefficient (Wildman–Crippen LogP) is 2.79. The Morgan fingerprint density at radius 2 is 2.15 bits per heavy atom. The van der Waals surface area contributed by atoms with Crippen LogP contribution in [0.25, 0.3) is 0 Å². The Bertz CT molecular complexity index is 529. The molecule has 0 aliphatic heterocycles. The van der Waals surface area contributed by atoms with E-state index in [9.17, 15) is 14.0 Å². The van der Waals surface area contributed by atoms with E-state index in [0.29, 0.717) is 12.5 Å². The average Bonchev–Trinajstić information content (AvgIpc) is 2.33. The fourth-order valence-electron chi connectivity index (χ4n) is 2.16. The first kappa shape index (κ1) is 14.3. The van der Waals surface area contributed by atoms with Crippen LogP contribution in [0.5, 0.6) is 0 Å². The molecule has 1 aromatic rings. The molecule has 2 rings (SSSR count). The molecule has 1 aromatic carbocycles. The van der Waals surface area contributed by atoms with E-state index in [0.717, 1.165) is 31.0 Å². The minimum absolute atomic E-state index is 0.0250. The van der Waals surface area contributed by atoms with Gasteiger partial charge in [0.1, 0.15) is 5.82 Å². The van der Waals surface area contributed by atoms with E-state index < -0.39 is 17.8 Å². The molecule has 5 nitrogen and oxygen atoms in total. The van der Waals surface area contributed by atoms with Crippen molar-refractivity contribution in [1.29, 1.82) is 0 Å². The number of rotatable bonds is 4. The van der Waals surface area contributed by atoms with Gasteiger partial charge in [0.2, 0.25) is 0 Å². The third kappa shape index (κ3) is 3.26. The maximum atomic E-state index is 13.2. The molecular formula is C14H17FN2O3. The first-order valence-electron chi connectivity index (χ1n) is 6.52. The maximum Gasteiger partial charge on any atom is 0.337 e. The third-order valence-corrected chi connectivity index (χ3v) is 3.56. The first-order chi connectivity index (χ1) is 9.47. The normalized spacial score (nSPS) is 14.5. The molecule has 1 saturated carbocycles. The van der Waals surface area contributed by atoms with Crippen LogP contribution in [0.15, 0.2) is 18.2 Å². The van der Waals surface area contributed by atoms with Crippen LogP contribution in [0.1, 0.15) is 29.6 Å². The van der Waals surface area contributed by atoms with Crippen molar-refractivity contribution in [2.75, 3.05) is 18.9 Å². The van der Waals surface area contributed by atoms with Gasteiger partial charge < -0.3 is 15.3 Å². The summed E-state index contributed by atoms with van der Waals surface area (Å²) in [5.74, 6) is -1.29. The zero-order valence-corrected chi connectivity index (χ0v) is 11.2. The van der Waals surface area contributed by atoms with Crippen molar-refractivity contribution in [1.82, 2.24) is 4.90 Å². The van der Waals surface area contributed by atoms with E-state index in [-0.39, 0.29) is 11.3 Å². The SMILES string of the molecule is CN(CC1CCC1)C(=O)Nc1cc(F)ccc1C(=O)O. The van der Waals surface area contributed by atoms with E-state index in [1.165, 1.54) is 11.3 Å². The van der Waals surface area contributed by atoms with Crippen molar-refractivity contribution in [3.05, 3.63) is 29.6 Å². The van der Waals surface area contributed by atoms with Crippen molar-refractivity contribution in [3.63, 3.8) is 0 Å². The Morgan fingerprint density at radius 1 is 1.45 bits per heavy atom. The van der Waals surface area contributed by atoms with Gasteiger partial charge in [-0.3, -0.25) is 0 Å². The standard InChI is InChI=1S/C14H17FN2O3/c1-17(8-9-3-2-4-9)14(20)16-12-7-10(15)5-6-11(12)13(18)19/h5-7,9H,2-4,8H2,1H3,(H,16,20)(H,18,19). The zero-order valence-electron chi connectivity index (χ0n) is 11.2. The molecule has 1 fully saturated rings. The number of benzene rings is 1. The van der Waals surface area contributed by atoms with Gasteiger partial charge >= 0.3 is 12.0 Å². The van der Waals surface area contributed by atoms with E-state index in [2.05, 4.69) is 5.32 Å². The molecule has 0 radical (unpaired) electrons. The molecular weight excluding hydrogens is 263 g/mol. The highest BCUT2D eigenvalue weighted by molar-refractivity contribution is 5.99. The van der Waals surface area contributed by atoms with Crippen LogP contribution in [0.3, 0.4) is 0 Å². The molecule has 0 saturated heterocycles. The number of carbonyl (C=O) groups excluding carboxylic acids is 1. The Kier molecular flexibility index (Phi) is 4.22. The van der Waals surface area contributed by atoms with E-state index in [4.69, 9.17) is 5.11 Å². The Hall–Kier alpha value is -2.11. The van der Waals surface area contributed by atoms with Gasteiger partial charge in [-0.25, -0.2) is 14.0 Å². The third-order valence-electron chi connectivity index (χ3n) is 3.56. The molecule has 108 valence electrons. The lowest BCUT2D eigenvalue weighted by Crippen LogP contribution is -2.37. The molecule has 2 amide bonds. The number of anilines is 1. The lowest BCUT2D eigenvalue weighted by Gasteiger charge is -2.30. The van der Waals surface area contributed by atoms with Gasteiger partial charge in [-0.05, 0) is 37.0 Å². The monoisotopic (exact) mass is 280 g/mol. The topological polar surface area (TPSA) is 69.6 Å². The number of halogens is 1. The molecule has 20 heavy (non-hydrogen) atoms. The number of carboxylic acid groups (broad SMARTS) is 1. The molecule has 1 aliphatic carbocycles. The molecule has 0 unspecified atom stereocenters. The Labute approximate surface area is 116 Å². The molecule has 1 aliphatic rings. The van der Waals surface area contributed by atoms with Gasteiger partial charge in [-0.1, -0.05) is 6.42 Å². The number of aromatic carboxylic acids is 1. The number of hydrogen-bond acceptors (Lipinski definition) is 2. The second kappa shape index (κ2) is 5.90. The maximum absolute atomic E-state index is 13.2. The number of amides is 2. The lowest BCUT2D eigenvalue weighted by atomic mass is 9.85. The average molecular weight is 280 g/mol. The number of hydrogen-bond donors (Lipinski definition) is 2. The largest absolute Gasteiger partial charge is 0.478 e. The van der Waals surface area contributed by atoms with Crippen molar-refractivity contribution in [2.45, 2.75) is 19.3 Å². The van der Waals surface area contributed by atoms with Gasteiger partial charge in [-0.15, -0.1) is 0 Å². The smallest absolute Gasteiger partial charge is 0.337 e. The summed E-state index contributed by atoms with van der Waals surface area (Å²) < 4.78 is 13.2. The second-order valence-electron chi connectivity index (χ2n) is 5.10. The van der Waals surface area contributed by atoms with Crippen LogP contribution >= 0.6 is 0 Å². The van der Waals surface area contributed by atoms with Crippen LogP contribution < -0.4 is 5.32 Å². The highest BCUT2D eigenvalue weighted by atomic mass is 19.1. The number of nitrogens with one attached hydrogen (secondary N) is 1. The molecule has 0 heterocycles. The van der Waals surface area contributed by atoms with Gasteiger partial charge in [-0.2, -0.15) is 0 Å². The minimum Gasteiger partial charge on any atom is -0.478 e. The fraction of sp³-hybridized carbons (Fsp3) is 0.429. The van der Waals surface area contributed by atoms with Gasteiger partial charge in [0.05, 0.1) is 11.3 Å². The van der Waals surface area contributed by atoms with Gasteiger partial charge in [0.25, 0.3) is 0 Å². The quantitative estimate of drug-likeness (QED) is 0.891. The number of carboxylic acids is 1. The molecule has 0 aromatic heterocycles. The Balaban J connectivity index is 2.06. The summed E-state index contributed by atoms with van der Waals surface area (Å²) in [7, 11) is 1.65. The van der Waals surface area contributed by atoms with Gasteiger partial charge in [0, 0.05) is 13.6 Å². The van der Waals surface area contributed by atoms with E-state index in [1.807, 2.05) is 0 Å². The van der Waals surface area contributed by atoms with E-state index >= 15 is 0 Å². The summed E-state index contributed by atoms with van der Waals surface area (Å²) in [5, 5.41) is 11.5. The number of carbonyl (C=O) groups is 2. The second-order valence-corrected chi connectivity index (χ2v) is 5.10. The minimum atomic E-state index is -1.21. The number of urea groups is 1. The summed E-state index contributed by atoms with van der Waals surface area (Å²) in [6, 6.07) is 2.78. The van der Waals surface area contributed by atoms with Crippen LogP contribution in [0.4, 0.5) is 14.9 Å². The van der Waals surface area contributed by atoms with Crippen LogP contribution in [-0.2, 0) is 0 Å². The zero-order chi connectivity index (χ0) is 14.7. The summed E-state index contributed by atoms with van der Waals surface area (Å²) in [4.78, 5) is 24.5. The lowest BCUT2D eigenvalue weighted by molar-refractivity contribution is 0.0698. The Morgan fingerprint density at radius 3 is 2.70 bits per heavy atom. The molecule has 0 atom stereocenters. The van der Waals surface area contributed by atoms with Crippen molar-refractivity contribution >= 4 is 17.7 Å². The van der Waals surface area contributed by atoms with Crippen LogP contribution in [0.2, 0.25) is 0 Å². The fourth-order valence-corrected chi connectivity index (χ4v) is 2.16. The van der Waals surface area contributed by atoms with Crippen LogP contribution in [-0.4, -0.2) is 35.6 Å². The number of nitrogens with zero attached hydrogens (tertiary/aromatic N) is 1. The van der Waals surface area contributed by atoms with Gasteiger partial charge in [0.15, 0.2) is 0 Å². The first-order valence-corrected chi connectivity index (χ1v) is 6.52. The van der Waals surface area contributed by atoms with Crippen LogP contribution in [0, 0.1) is 11.7 Å². The summed E-state index contributed by atoms with van der Waals surface area (Å²) in [6.45, 7) is 0.629. The van der Waals surface area contributed by atoms with E-state index in [1.54, 1.807) is 7.05 Å². The molecule has 0 bridgehead atoms. The highest BCUT2D eigenvalue weighted by Gasteiger charge is 2.22.